The van der Waals surface area contributed by atoms with Gasteiger partial charge in [0.15, 0.2) is 0 Å². The molecule has 126 valence electrons. The molecule has 0 saturated carbocycles. The number of ether oxygens (including phenoxy) is 2. The molecule has 0 radical (unpaired) electrons. The molecule has 23 heavy (non-hydrogen) atoms. The van der Waals surface area contributed by atoms with E-state index in [2.05, 4.69) is 5.32 Å². The first-order valence-electron chi connectivity index (χ1n) is 7.67. The molecular formula is C17H24N2O4. The molecule has 2 rings (SSSR count). The number of amides is 2. The molecular weight excluding hydrogens is 296 g/mol. The van der Waals surface area contributed by atoms with Crippen LogP contribution in [0, 0.1) is 0 Å². The zero-order valence-electron chi connectivity index (χ0n) is 14.3. The second-order valence-electron chi connectivity index (χ2n) is 6.86. The minimum absolute atomic E-state index is 0.127. The molecule has 2 amide bonds. The molecule has 0 aromatic heterocycles. The maximum absolute atomic E-state index is 12.0. The zero-order valence-corrected chi connectivity index (χ0v) is 14.3. The molecule has 0 fully saturated rings. The fourth-order valence-corrected chi connectivity index (χ4v) is 2.44. The molecule has 1 N–H and O–H groups in total. The number of aryl methyl sites for hydroxylation is 1. The summed E-state index contributed by atoms with van der Waals surface area (Å²) in [6, 6.07) is 5.39. The van der Waals surface area contributed by atoms with Crippen molar-refractivity contribution in [2.45, 2.75) is 45.3 Å². The van der Waals surface area contributed by atoms with E-state index in [0.29, 0.717) is 5.75 Å². The number of nitrogens with one attached hydrogen (secondary N) is 1. The van der Waals surface area contributed by atoms with E-state index in [0.717, 1.165) is 24.0 Å². The molecule has 0 spiro atoms. The minimum Gasteiger partial charge on any atom is -0.444 e. The summed E-state index contributed by atoms with van der Waals surface area (Å²) in [7, 11) is 3.26. The topological polar surface area (TPSA) is 67.9 Å². The Balaban J connectivity index is 2.09. The maximum Gasteiger partial charge on any atom is 0.414 e. The number of nitrogens with zero attached hydrogens (tertiary/aromatic N) is 1. The molecule has 0 unspecified atom stereocenters. The van der Waals surface area contributed by atoms with E-state index >= 15 is 0 Å². The standard InChI is InChI=1S/C17H24N2O4/c1-17(2,3)23-15(20)18-14-9-7-11-6-8-12(10-13(11)14)22-16(21)19(4)5/h6,8,10,14H,7,9H2,1-5H3,(H,18,20)/t14-/m1/s1. The van der Waals surface area contributed by atoms with E-state index < -0.39 is 17.8 Å². The maximum atomic E-state index is 12.0. The van der Waals surface area contributed by atoms with Gasteiger partial charge in [-0.15, -0.1) is 0 Å². The first-order valence-corrected chi connectivity index (χ1v) is 7.67. The average molecular weight is 320 g/mol. The van der Waals surface area contributed by atoms with E-state index in [4.69, 9.17) is 9.47 Å². The molecule has 0 bridgehead atoms. The quantitative estimate of drug-likeness (QED) is 0.908. The van der Waals surface area contributed by atoms with Gasteiger partial charge in [0.1, 0.15) is 11.4 Å². The second-order valence-corrected chi connectivity index (χ2v) is 6.86. The second kappa shape index (κ2) is 6.48. The molecule has 1 aromatic carbocycles. The van der Waals surface area contributed by atoms with Gasteiger partial charge in [-0.05, 0) is 56.9 Å². The van der Waals surface area contributed by atoms with Crippen LogP contribution in [0.2, 0.25) is 0 Å². The van der Waals surface area contributed by atoms with Gasteiger partial charge in [0.05, 0.1) is 6.04 Å². The van der Waals surface area contributed by atoms with Crippen molar-refractivity contribution in [3.8, 4) is 5.75 Å². The Morgan fingerprint density at radius 2 is 1.96 bits per heavy atom. The van der Waals surface area contributed by atoms with Crippen molar-refractivity contribution in [2.75, 3.05) is 14.1 Å². The highest BCUT2D eigenvalue weighted by molar-refractivity contribution is 5.71. The lowest BCUT2D eigenvalue weighted by Gasteiger charge is -2.22. The van der Waals surface area contributed by atoms with Crippen molar-refractivity contribution >= 4 is 12.2 Å². The summed E-state index contributed by atoms with van der Waals surface area (Å²) >= 11 is 0. The smallest absolute Gasteiger partial charge is 0.414 e. The van der Waals surface area contributed by atoms with Crippen LogP contribution in [0.3, 0.4) is 0 Å². The number of fused-ring (bicyclic) bond motifs is 1. The SMILES string of the molecule is CN(C)C(=O)Oc1ccc2c(c1)[C@H](NC(=O)OC(C)(C)C)CC2. The van der Waals surface area contributed by atoms with E-state index in [9.17, 15) is 9.59 Å². The van der Waals surface area contributed by atoms with Gasteiger partial charge >= 0.3 is 12.2 Å². The lowest BCUT2D eigenvalue weighted by molar-refractivity contribution is 0.0503. The lowest BCUT2D eigenvalue weighted by Crippen LogP contribution is -2.34. The van der Waals surface area contributed by atoms with Crippen molar-refractivity contribution in [1.29, 1.82) is 0 Å². The number of hydrogen-bond donors (Lipinski definition) is 1. The summed E-state index contributed by atoms with van der Waals surface area (Å²) in [5, 5.41) is 2.88. The summed E-state index contributed by atoms with van der Waals surface area (Å²) in [5.74, 6) is 0.473. The van der Waals surface area contributed by atoms with Gasteiger partial charge < -0.3 is 19.7 Å². The predicted molar refractivity (Wildman–Crippen MR) is 86.6 cm³/mol. The molecule has 1 aliphatic carbocycles. The van der Waals surface area contributed by atoms with Crippen molar-refractivity contribution in [2.24, 2.45) is 0 Å². The highest BCUT2D eigenvalue weighted by Crippen LogP contribution is 2.34. The Bertz CT molecular complexity index is 605. The van der Waals surface area contributed by atoms with Gasteiger partial charge in [0.2, 0.25) is 0 Å². The van der Waals surface area contributed by atoms with Crippen molar-refractivity contribution < 1.29 is 19.1 Å². The van der Waals surface area contributed by atoms with E-state index in [1.54, 1.807) is 20.2 Å². The summed E-state index contributed by atoms with van der Waals surface area (Å²) in [4.78, 5) is 25.0. The van der Waals surface area contributed by atoms with Crippen LogP contribution in [0.25, 0.3) is 0 Å². The van der Waals surface area contributed by atoms with Gasteiger partial charge in [0, 0.05) is 14.1 Å². The zero-order chi connectivity index (χ0) is 17.2. The Morgan fingerprint density at radius 3 is 2.57 bits per heavy atom. The first-order chi connectivity index (χ1) is 10.7. The number of alkyl carbamates (subject to hydrolysis) is 1. The Hall–Kier alpha value is -2.24. The number of rotatable bonds is 2. The largest absolute Gasteiger partial charge is 0.444 e. The van der Waals surface area contributed by atoms with Crippen LogP contribution < -0.4 is 10.1 Å². The predicted octanol–water partition coefficient (Wildman–Crippen LogP) is 3.26. The normalized spacial score (nSPS) is 16.5. The summed E-state index contributed by atoms with van der Waals surface area (Å²) < 4.78 is 10.6. The van der Waals surface area contributed by atoms with Crippen molar-refractivity contribution in [3.63, 3.8) is 0 Å². The Kier molecular flexibility index (Phi) is 4.82. The first kappa shape index (κ1) is 17.1. The highest BCUT2D eigenvalue weighted by Gasteiger charge is 2.27. The van der Waals surface area contributed by atoms with Crippen molar-refractivity contribution in [3.05, 3.63) is 29.3 Å². The van der Waals surface area contributed by atoms with Crippen LogP contribution in [-0.4, -0.2) is 36.8 Å². The molecule has 6 nitrogen and oxygen atoms in total. The molecule has 0 heterocycles. The molecule has 1 atom stereocenters. The van der Waals surface area contributed by atoms with E-state index in [-0.39, 0.29) is 6.04 Å². The lowest BCUT2D eigenvalue weighted by atomic mass is 10.1. The summed E-state index contributed by atoms with van der Waals surface area (Å²) in [6.45, 7) is 5.48. The third-order valence-corrected chi connectivity index (χ3v) is 3.46. The van der Waals surface area contributed by atoms with E-state index in [1.807, 2.05) is 32.9 Å². The molecule has 1 aliphatic rings. The monoisotopic (exact) mass is 320 g/mol. The van der Waals surface area contributed by atoms with Gasteiger partial charge in [-0.1, -0.05) is 6.07 Å². The third-order valence-electron chi connectivity index (χ3n) is 3.46. The summed E-state index contributed by atoms with van der Waals surface area (Å²) in [6.07, 6.45) is 0.808. The third kappa shape index (κ3) is 4.61. The van der Waals surface area contributed by atoms with Crippen LogP contribution in [0.4, 0.5) is 9.59 Å². The van der Waals surface area contributed by atoms with Crippen LogP contribution in [0.1, 0.15) is 44.4 Å². The molecule has 0 aliphatic heterocycles. The number of hydrogen-bond acceptors (Lipinski definition) is 4. The van der Waals surface area contributed by atoms with Crippen LogP contribution in [0.5, 0.6) is 5.75 Å². The fraction of sp³-hybridized carbons (Fsp3) is 0.529. The van der Waals surface area contributed by atoms with Crippen LogP contribution in [-0.2, 0) is 11.2 Å². The highest BCUT2D eigenvalue weighted by atomic mass is 16.6. The van der Waals surface area contributed by atoms with Gasteiger partial charge in [-0.2, -0.15) is 0 Å². The fourth-order valence-electron chi connectivity index (χ4n) is 2.44. The summed E-state index contributed by atoms with van der Waals surface area (Å²) in [5.41, 5.74) is 1.59. The molecule has 6 heteroatoms. The Morgan fingerprint density at radius 1 is 1.26 bits per heavy atom. The van der Waals surface area contributed by atoms with Gasteiger partial charge in [0.25, 0.3) is 0 Å². The van der Waals surface area contributed by atoms with Crippen molar-refractivity contribution in [1.82, 2.24) is 10.2 Å². The van der Waals surface area contributed by atoms with Crippen LogP contribution >= 0.6 is 0 Å². The molecule has 1 aromatic rings. The number of benzene rings is 1. The number of carbonyl (C=O) groups excluding carboxylic acids is 2. The van der Waals surface area contributed by atoms with Gasteiger partial charge in [-0.25, -0.2) is 9.59 Å². The van der Waals surface area contributed by atoms with Crippen LogP contribution in [0.15, 0.2) is 18.2 Å². The number of carbonyl (C=O) groups is 2. The molecule has 0 saturated heterocycles. The Labute approximate surface area is 136 Å². The minimum atomic E-state index is -0.533. The van der Waals surface area contributed by atoms with Gasteiger partial charge in [-0.3, -0.25) is 0 Å². The average Bonchev–Trinajstić information content (AvgIpc) is 2.79. The van der Waals surface area contributed by atoms with E-state index in [1.165, 1.54) is 4.90 Å².